The number of hydrogen-bond acceptors (Lipinski definition) is 6. The average Bonchev–Trinajstić information content (AvgIpc) is 3.20. The van der Waals surface area contributed by atoms with Gasteiger partial charge in [-0.05, 0) is 89.3 Å². The molecule has 2 rings (SSSR count). The third-order valence-electron chi connectivity index (χ3n) is 8.85. The summed E-state index contributed by atoms with van der Waals surface area (Å²) in [6.07, 6.45) is 5.38. The predicted molar refractivity (Wildman–Crippen MR) is 182 cm³/mol. The first-order chi connectivity index (χ1) is 21.0. The van der Waals surface area contributed by atoms with Gasteiger partial charge in [-0.25, -0.2) is 4.79 Å². The van der Waals surface area contributed by atoms with Crippen molar-refractivity contribution in [1.82, 2.24) is 10.2 Å². The second-order valence-electron chi connectivity index (χ2n) is 15.2. The fourth-order valence-corrected chi connectivity index (χ4v) is 6.08. The molecule has 0 spiro atoms. The van der Waals surface area contributed by atoms with Crippen molar-refractivity contribution in [3.05, 3.63) is 29.3 Å². The Hall–Kier alpha value is -2.32. The number of benzene rings is 1. The first-order valence-corrected chi connectivity index (χ1v) is 17.2. The molecule has 1 N–H and O–H groups in total. The summed E-state index contributed by atoms with van der Waals surface area (Å²) < 4.78 is 23.9. The number of nitrogens with one attached hydrogen (secondary N) is 1. The van der Waals surface area contributed by atoms with Gasteiger partial charge in [-0.1, -0.05) is 66.5 Å². The van der Waals surface area contributed by atoms with Gasteiger partial charge in [0.15, 0.2) is 0 Å². The zero-order chi connectivity index (χ0) is 34.0. The van der Waals surface area contributed by atoms with Crippen LogP contribution in [0.3, 0.4) is 0 Å². The zero-order valence-corrected chi connectivity index (χ0v) is 30.5. The lowest BCUT2D eigenvalue weighted by Gasteiger charge is -2.37. The molecule has 0 aromatic heterocycles. The second kappa shape index (κ2) is 17.0. The summed E-state index contributed by atoms with van der Waals surface area (Å²) in [5, 5.41) is 3.18. The molecule has 1 aromatic rings. The van der Waals surface area contributed by atoms with E-state index < -0.39 is 22.8 Å². The van der Waals surface area contributed by atoms with Crippen LogP contribution in [-0.4, -0.2) is 67.2 Å². The molecule has 1 aliphatic rings. The quantitative estimate of drug-likeness (QED) is 0.176. The number of amides is 2. The van der Waals surface area contributed by atoms with E-state index in [0.717, 1.165) is 44.3 Å². The number of carbonyl (C=O) groups excluding carboxylic acids is 2. The van der Waals surface area contributed by atoms with Gasteiger partial charge in [-0.2, -0.15) is 0 Å². The molecule has 8 heteroatoms. The van der Waals surface area contributed by atoms with Crippen molar-refractivity contribution >= 4 is 12.0 Å². The zero-order valence-electron chi connectivity index (χ0n) is 30.5. The number of aryl methyl sites for hydroxylation is 1. The van der Waals surface area contributed by atoms with E-state index in [1.807, 2.05) is 48.5 Å². The van der Waals surface area contributed by atoms with E-state index >= 15 is 0 Å². The molecule has 3 unspecified atom stereocenters. The van der Waals surface area contributed by atoms with Crippen molar-refractivity contribution in [2.24, 2.45) is 17.3 Å². The largest absolute Gasteiger partial charge is 0.493 e. The minimum Gasteiger partial charge on any atom is -0.493 e. The summed E-state index contributed by atoms with van der Waals surface area (Å²) >= 11 is 0. The highest BCUT2D eigenvalue weighted by molar-refractivity contribution is 5.81. The van der Waals surface area contributed by atoms with E-state index in [-0.39, 0.29) is 24.0 Å². The van der Waals surface area contributed by atoms with E-state index in [9.17, 15) is 9.59 Å². The second-order valence-corrected chi connectivity index (χ2v) is 15.2. The van der Waals surface area contributed by atoms with Gasteiger partial charge >= 0.3 is 6.09 Å². The Kier molecular flexibility index (Phi) is 14.7. The summed E-state index contributed by atoms with van der Waals surface area (Å²) in [5.41, 5.74) is 0.382. The number of hydrogen-bond donors (Lipinski definition) is 1. The molecule has 0 radical (unpaired) electrons. The van der Waals surface area contributed by atoms with Gasteiger partial charge in [0.25, 0.3) is 0 Å². The third-order valence-corrected chi connectivity index (χ3v) is 8.85. The summed E-state index contributed by atoms with van der Waals surface area (Å²) in [4.78, 5) is 28.8. The molecular weight excluding hydrogens is 568 g/mol. The molecule has 1 aromatic carbocycles. The Morgan fingerprint density at radius 3 is 2.33 bits per heavy atom. The van der Waals surface area contributed by atoms with Crippen molar-refractivity contribution in [2.45, 2.75) is 145 Å². The molecule has 0 saturated carbocycles. The topological polar surface area (TPSA) is 86.3 Å². The van der Waals surface area contributed by atoms with Crippen molar-refractivity contribution < 1.29 is 28.5 Å². The van der Waals surface area contributed by atoms with Crippen molar-refractivity contribution in [3.8, 4) is 5.75 Å². The van der Waals surface area contributed by atoms with Crippen LogP contribution >= 0.6 is 0 Å². The molecule has 3 atom stereocenters. The number of nitrogens with zero attached hydrogens (tertiary/aromatic N) is 1. The van der Waals surface area contributed by atoms with E-state index in [1.54, 1.807) is 12.0 Å². The molecule has 1 saturated heterocycles. The third kappa shape index (κ3) is 11.8. The maximum absolute atomic E-state index is 13.7. The molecule has 0 aliphatic carbocycles. The van der Waals surface area contributed by atoms with Crippen molar-refractivity contribution in [1.29, 1.82) is 0 Å². The molecule has 1 fully saturated rings. The van der Waals surface area contributed by atoms with Crippen LogP contribution in [-0.2, 0) is 31.8 Å². The monoisotopic (exact) mass is 632 g/mol. The minimum atomic E-state index is -0.895. The van der Waals surface area contributed by atoms with E-state index in [0.29, 0.717) is 32.1 Å². The van der Waals surface area contributed by atoms with Crippen LogP contribution in [0.25, 0.3) is 0 Å². The Morgan fingerprint density at radius 2 is 1.76 bits per heavy atom. The highest BCUT2D eigenvalue weighted by atomic mass is 16.6. The standard InChI is InChI=1S/C37H64N2O6/c1-13-15-19-36(8,9)33(40)38-25-32-30(39(37(10,11)44-32)34(41)45-35(5,6)7)24-29(26(3)4)22-27-17-18-28(14-2)31(23-27)43-21-16-20-42-12/h17-18,23,26,29-30,32H,13-16,19-22,24-25H2,1-12H3,(H,38,40). The average molecular weight is 633 g/mol. The van der Waals surface area contributed by atoms with Gasteiger partial charge in [-0.3, -0.25) is 9.69 Å². The van der Waals surface area contributed by atoms with E-state index in [1.165, 1.54) is 11.1 Å². The summed E-state index contributed by atoms with van der Waals surface area (Å²) in [5.74, 6) is 1.53. The van der Waals surface area contributed by atoms with Crippen LogP contribution in [0.5, 0.6) is 5.75 Å². The normalized spacial score (nSPS) is 19.1. The van der Waals surface area contributed by atoms with Gasteiger partial charge in [0.05, 0.1) is 18.8 Å². The lowest BCUT2D eigenvalue weighted by Crippen LogP contribution is -2.52. The predicted octanol–water partition coefficient (Wildman–Crippen LogP) is 7.94. The van der Waals surface area contributed by atoms with Crippen LogP contribution in [0, 0.1) is 17.3 Å². The maximum Gasteiger partial charge on any atom is 0.412 e. The lowest BCUT2D eigenvalue weighted by molar-refractivity contribution is -0.131. The number of ether oxygens (including phenoxy) is 4. The molecular formula is C37H64N2O6. The smallest absolute Gasteiger partial charge is 0.412 e. The van der Waals surface area contributed by atoms with Gasteiger partial charge in [0.1, 0.15) is 17.1 Å². The van der Waals surface area contributed by atoms with Crippen molar-refractivity contribution in [3.63, 3.8) is 0 Å². The lowest BCUT2D eigenvalue weighted by atomic mass is 9.82. The first-order valence-electron chi connectivity index (χ1n) is 17.2. The number of rotatable bonds is 17. The van der Waals surface area contributed by atoms with Crippen LogP contribution < -0.4 is 10.1 Å². The van der Waals surface area contributed by atoms with E-state index in [2.05, 4.69) is 51.2 Å². The summed E-state index contributed by atoms with van der Waals surface area (Å²) in [6.45, 7) is 23.8. The number of unbranched alkanes of at least 4 members (excludes halogenated alkanes) is 1. The van der Waals surface area contributed by atoms with Crippen LogP contribution in [0.1, 0.15) is 119 Å². The Bertz CT molecular complexity index is 1080. The van der Waals surface area contributed by atoms with Gasteiger partial charge < -0.3 is 24.3 Å². The fraction of sp³-hybridized carbons (Fsp3) is 0.784. The van der Waals surface area contributed by atoms with Gasteiger partial charge in [0, 0.05) is 32.1 Å². The fourth-order valence-electron chi connectivity index (χ4n) is 6.08. The van der Waals surface area contributed by atoms with E-state index in [4.69, 9.17) is 18.9 Å². The number of methoxy groups -OCH3 is 1. The van der Waals surface area contributed by atoms with Crippen LogP contribution in [0.2, 0.25) is 0 Å². The highest BCUT2D eigenvalue weighted by Gasteiger charge is 2.52. The Labute approximate surface area is 274 Å². The molecule has 0 bridgehead atoms. The highest BCUT2D eigenvalue weighted by Crippen LogP contribution is 2.39. The minimum absolute atomic E-state index is 0.0151. The Morgan fingerprint density at radius 1 is 1.07 bits per heavy atom. The van der Waals surface area contributed by atoms with Gasteiger partial charge in [-0.15, -0.1) is 0 Å². The van der Waals surface area contributed by atoms with Crippen LogP contribution in [0.4, 0.5) is 4.79 Å². The molecule has 1 heterocycles. The SMILES string of the molecule is CCCCC(C)(C)C(=O)NCC1OC(C)(C)N(C(=O)OC(C)(C)C)C1CC(Cc1ccc(CC)c(OCCCOC)c1)C(C)C. The first kappa shape index (κ1) is 38.9. The van der Waals surface area contributed by atoms with Crippen LogP contribution in [0.15, 0.2) is 18.2 Å². The van der Waals surface area contributed by atoms with Gasteiger partial charge in [0.2, 0.25) is 5.91 Å². The molecule has 2 amide bonds. The molecule has 1 aliphatic heterocycles. The van der Waals surface area contributed by atoms with Crippen molar-refractivity contribution in [2.75, 3.05) is 26.9 Å². The molecule has 8 nitrogen and oxygen atoms in total. The Balaban J connectivity index is 2.37. The summed E-state index contributed by atoms with van der Waals surface area (Å²) in [6, 6.07) is 6.28. The maximum atomic E-state index is 13.7. The summed E-state index contributed by atoms with van der Waals surface area (Å²) in [7, 11) is 1.71. The number of carbonyl (C=O) groups is 2. The molecule has 258 valence electrons. The molecule has 45 heavy (non-hydrogen) atoms.